The van der Waals surface area contributed by atoms with E-state index in [1.54, 1.807) is 0 Å². The van der Waals surface area contributed by atoms with Crippen molar-refractivity contribution in [2.24, 2.45) is 0 Å². The first kappa shape index (κ1) is 7.78. The lowest BCUT2D eigenvalue weighted by Crippen LogP contribution is -1.98. The zero-order valence-electron chi connectivity index (χ0n) is 7.33. The standard InChI is InChI=1S/C7H9N5O/c1-3-9-4-5(10-3)11-7(8)12-6(4)13-2/h1-2H3,(H3,8,9,10,11,12). The molecule has 0 unspecified atom stereocenters. The number of anilines is 1. The number of nitrogens with zero attached hydrogens (tertiary/aromatic N) is 3. The highest BCUT2D eigenvalue weighted by Crippen LogP contribution is 2.19. The van der Waals surface area contributed by atoms with E-state index in [1.807, 2.05) is 6.92 Å². The molecular weight excluding hydrogens is 170 g/mol. The molecule has 0 aliphatic rings. The molecule has 0 aliphatic carbocycles. The topological polar surface area (TPSA) is 89.7 Å². The first-order valence-corrected chi connectivity index (χ1v) is 3.74. The van der Waals surface area contributed by atoms with E-state index in [9.17, 15) is 0 Å². The molecule has 6 nitrogen and oxygen atoms in total. The third kappa shape index (κ3) is 1.16. The van der Waals surface area contributed by atoms with Crippen molar-refractivity contribution >= 4 is 17.1 Å². The van der Waals surface area contributed by atoms with Crippen LogP contribution in [-0.4, -0.2) is 27.0 Å². The number of methoxy groups -OCH3 is 1. The minimum Gasteiger partial charge on any atom is -0.479 e. The number of aromatic amines is 1. The largest absolute Gasteiger partial charge is 0.479 e. The van der Waals surface area contributed by atoms with E-state index in [1.165, 1.54) is 7.11 Å². The second kappa shape index (κ2) is 2.58. The Kier molecular flexibility index (Phi) is 1.54. The fourth-order valence-electron chi connectivity index (χ4n) is 1.15. The average molecular weight is 179 g/mol. The normalized spacial score (nSPS) is 10.6. The van der Waals surface area contributed by atoms with Gasteiger partial charge in [0.25, 0.3) is 0 Å². The van der Waals surface area contributed by atoms with Crippen LogP contribution in [0.4, 0.5) is 5.95 Å². The molecule has 2 aromatic rings. The molecule has 0 amide bonds. The number of rotatable bonds is 1. The van der Waals surface area contributed by atoms with E-state index in [0.29, 0.717) is 17.0 Å². The van der Waals surface area contributed by atoms with E-state index in [0.717, 1.165) is 5.82 Å². The second-order valence-corrected chi connectivity index (χ2v) is 2.61. The van der Waals surface area contributed by atoms with Gasteiger partial charge in [-0.05, 0) is 6.92 Å². The Morgan fingerprint density at radius 2 is 2.08 bits per heavy atom. The molecule has 0 atom stereocenters. The van der Waals surface area contributed by atoms with Crippen molar-refractivity contribution in [1.29, 1.82) is 0 Å². The quantitative estimate of drug-likeness (QED) is 0.655. The molecule has 2 rings (SSSR count). The summed E-state index contributed by atoms with van der Waals surface area (Å²) < 4.78 is 5.02. The Labute approximate surface area is 74.2 Å². The molecule has 0 radical (unpaired) electrons. The maximum atomic E-state index is 5.45. The molecule has 2 aromatic heterocycles. The third-order valence-corrected chi connectivity index (χ3v) is 1.65. The predicted molar refractivity (Wildman–Crippen MR) is 47.4 cm³/mol. The van der Waals surface area contributed by atoms with Crippen molar-refractivity contribution in [3.05, 3.63) is 5.82 Å². The molecule has 0 fully saturated rings. The second-order valence-electron chi connectivity index (χ2n) is 2.61. The number of aromatic nitrogens is 4. The van der Waals surface area contributed by atoms with Crippen LogP contribution in [0.25, 0.3) is 11.2 Å². The van der Waals surface area contributed by atoms with Crippen LogP contribution in [0.5, 0.6) is 5.88 Å². The Morgan fingerprint density at radius 1 is 1.31 bits per heavy atom. The molecule has 68 valence electrons. The Bertz CT molecular complexity index is 449. The smallest absolute Gasteiger partial charge is 0.244 e. The van der Waals surface area contributed by atoms with Gasteiger partial charge in [-0.15, -0.1) is 0 Å². The van der Waals surface area contributed by atoms with Gasteiger partial charge < -0.3 is 15.5 Å². The number of nitrogens with one attached hydrogen (secondary N) is 1. The summed E-state index contributed by atoms with van der Waals surface area (Å²) in [5.41, 5.74) is 6.66. The minimum absolute atomic E-state index is 0.163. The van der Waals surface area contributed by atoms with E-state index in [-0.39, 0.29) is 5.95 Å². The van der Waals surface area contributed by atoms with Crippen molar-refractivity contribution in [3.63, 3.8) is 0 Å². The first-order valence-electron chi connectivity index (χ1n) is 3.74. The molecule has 0 spiro atoms. The molecule has 3 N–H and O–H groups in total. The molecule has 0 aromatic carbocycles. The van der Waals surface area contributed by atoms with Crippen molar-refractivity contribution < 1.29 is 4.74 Å². The van der Waals surface area contributed by atoms with Crippen molar-refractivity contribution in [2.45, 2.75) is 6.92 Å². The van der Waals surface area contributed by atoms with E-state index < -0.39 is 0 Å². The maximum Gasteiger partial charge on any atom is 0.244 e. The van der Waals surface area contributed by atoms with E-state index >= 15 is 0 Å². The lowest BCUT2D eigenvalue weighted by atomic mass is 10.5. The number of H-pyrrole nitrogens is 1. The number of aryl methyl sites for hydroxylation is 1. The fourth-order valence-corrected chi connectivity index (χ4v) is 1.15. The van der Waals surface area contributed by atoms with Crippen LogP contribution >= 0.6 is 0 Å². The van der Waals surface area contributed by atoms with Gasteiger partial charge >= 0.3 is 0 Å². The third-order valence-electron chi connectivity index (χ3n) is 1.65. The number of hydrogen-bond acceptors (Lipinski definition) is 5. The monoisotopic (exact) mass is 179 g/mol. The zero-order chi connectivity index (χ0) is 9.42. The average Bonchev–Trinajstić information content (AvgIpc) is 2.43. The van der Waals surface area contributed by atoms with Crippen LogP contribution in [0, 0.1) is 6.92 Å². The number of fused-ring (bicyclic) bond motifs is 1. The van der Waals surface area contributed by atoms with Crippen molar-refractivity contribution in [2.75, 3.05) is 12.8 Å². The molecule has 13 heavy (non-hydrogen) atoms. The summed E-state index contributed by atoms with van der Waals surface area (Å²) in [5.74, 6) is 1.34. The zero-order valence-corrected chi connectivity index (χ0v) is 7.33. The number of hydrogen-bond donors (Lipinski definition) is 2. The van der Waals surface area contributed by atoms with Gasteiger partial charge in [0.2, 0.25) is 11.8 Å². The summed E-state index contributed by atoms with van der Waals surface area (Å²) in [6.45, 7) is 1.83. The highest BCUT2D eigenvalue weighted by Gasteiger charge is 2.09. The Morgan fingerprint density at radius 3 is 2.77 bits per heavy atom. The van der Waals surface area contributed by atoms with Gasteiger partial charge in [0.1, 0.15) is 11.3 Å². The molecule has 2 heterocycles. The summed E-state index contributed by atoms with van der Waals surface area (Å²) in [5, 5.41) is 0. The number of nitrogen functional groups attached to an aromatic ring is 1. The molecule has 0 saturated heterocycles. The first-order chi connectivity index (χ1) is 6.20. The van der Waals surface area contributed by atoms with Gasteiger partial charge in [0.05, 0.1) is 7.11 Å². The van der Waals surface area contributed by atoms with Gasteiger partial charge in [-0.25, -0.2) is 4.98 Å². The highest BCUT2D eigenvalue weighted by molar-refractivity contribution is 5.77. The molecule has 0 aliphatic heterocycles. The number of imidazole rings is 1. The summed E-state index contributed by atoms with van der Waals surface area (Å²) in [6, 6.07) is 0. The van der Waals surface area contributed by atoms with Gasteiger partial charge in [-0.1, -0.05) is 0 Å². The molecular formula is C7H9N5O. The van der Waals surface area contributed by atoms with Gasteiger partial charge in [-0.3, -0.25) is 0 Å². The van der Waals surface area contributed by atoms with Crippen molar-refractivity contribution in [3.8, 4) is 5.88 Å². The summed E-state index contributed by atoms with van der Waals surface area (Å²) in [6.07, 6.45) is 0. The van der Waals surface area contributed by atoms with Crippen LogP contribution in [0.15, 0.2) is 0 Å². The van der Waals surface area contributed by atoms with Gasteiger partial charge in [0.15, 0.2) is 5.65 Å². The van der Waals surface area contributed by atoms with Crippen LogP contribution in [0.2, 0.25) is 0 Å². The molecule has 6 heteroatoms. The lowest BCUT2D eigenvalue weighted by molar-refractivity contribution is 0.402. The SMILES string of the molecule is COc1nc(N)nc2nc(C)[nH]c12. The van der Waals surface area contributed by atoms with Crippen molar-refractivity contribution in [1.82, 2.24) is 19.9 Å². The van der Waals surface area contributed by atoms with Crippen LogP contribution < -0.4 is 10.5 Å². The molecule has 0 bridgehead atoms. The Balaban J connectivity index is 2.80. The summed E-state index contributed by atoms with van der Waals surface area (Å²) in [7, 11) is 1.53. The van der Waals surface area contributed by atoms with Crippen LogP contribution in [-0.2, 0) is 0 Å². The predicted octanol–water partition coefficient (Wildman–Crippen LogP) is 0.252. The van der Waals surface area contributed by atoms with E-state index in [4.69, 9.17) is 10.5 Å². The fraction of sp³-hybridized carbons (Fsp3) is 0.286. The summed E-state index contributed by atoms with van der Waals surface area (Å²) >= 11 is 0. The molecule has 0 saturated carbocycles. The Hall–Kier alpha value is -1.85. The van der Waals surface area contributed by atoms with Crippen LogP contribution in [0.3, 0.4) is 0 Å². The van der Waals surface area contributed by atoms with Crippen LogP contribution in [0.1, 0.15) is 5.82 Å². The summed E-state index contributed by atoms with van der Waals surface area (Å²) in [4.78, 5) is 15.0. The maximum absolute atomic E-state index is 5.45. The highest BCUT2D eigenvalue weighted by atomic mass is 16.5. The lowest BCUT2D eigenvalue weighted by Gasteiger charge is -1.99. The van der Waals surface area contributed by atoms with Gasteiger partial charge in [-0.2, -0.15) is 9.97 Å². The number of nitrogens with two attached hydrogens (primary N) is 1. The van der Waals surface area contributed by atoms with Gasteiger partial charge in [0, 0.05) is 0 Å². The number of ether oxygens (including phenoxy) is 1. The van der Waals surface area contributed by atoms with E-state index in [2.05, 4.69) is 19.9 Å². The minimum atomic E-state index is 0.163.